The number of aromatic amines is 1. The van der Waals surface area contributed by atoms with E-state index in [4.69, 9.17) is 4.74 Å². The fourth-order valence-corrected chi connectivity index (χ4v) is 2.49. The SMILES string of the molecule is CCNC1COCC1c1nc2ncc(C)cc2[nH]1. The monoisotopic (exact) mass is 246 g/mol. The number of pyridine rings is 1. The zero-order chi connectivity index (χ0) is 12.5. The Labute approximate surface area is 106 Å². The lowest BCUT2D eigenvalue weighted by Crippen LogP contribution is -2.34. The standard InChI is InChI=1S/C13H18N4O/c1-3-14-11-7-18-6-9(11)12-16-10-4-8(2)5-15-13(10)17-12/h4-5,9,11,14H,3,6-7H2,1-2H3,(H,15,16,17). The summed E-state index contributed by atoms with van der Waals surface area (Å²) in [6.07, 6.45) is 1.85. The molecule has 96 valence electrons. The molecule has 18 heavy (non-hydrogen) atoms. The number of hydrogen-bond donors (Lipinski definition) is 2. The third-order valence-electron chi connectivity index (χ3n) is 3.39. The van der Waals surface area contributed by atoms with Crippen molar-refractivity contribution in [3.63, 3.8) is 0 Å². The van der Waals surface area contributed by atoms with Crippen molar-refractivity contribution >= 4 is 11.2 Å². The van der Waals surface area contributed by atoms with Crippen LogP contribution in [0.15, 0.2) is 12.3 Å². The maximum absolute atomic E-state index is 5.55. The molecular weight excluding hydrogens is 228 g/mol. The van der Waals surface area contributed by atoms with Crippen LogP contribution in [-0.4, -0.2) is 40.8 Å². The van der Waals surface area contributed by atoms with Gasteiger partial charge in [0.25, 0.3) is 0 Å². The number of ether oxygens (including phenoxy) is 1. The number of aromatic nitrogens is 3. The van der Waals surface area contributed by atoms with Gasteiger partial charge < -0.3 is 15.0 Å². The van der Waals surface area contributed by atoms with Gasteiger partial charge in [0.05, 0.1) is 24.6 Å². The van der Waals surface area contributed by atoms with Crippen LogP contribution in [0.5, 0.6) is 0 Å². The van der Waals surface area contributed by atoms with Crippen molar-refractivity contribution in [1.29, 1.82) is 0 Å². The molecule has 0 spiro atoms. The fourth-order valence-electron chi connectivity index (χ4n) is 2.49. The molecule has 0 bridgehead atoms. The van der Waals surface area contributed by atoms with E-state index in [2.05, 4.69) is 33.3 Å². The van der Waals surface area contributed by atoms with E-state index in [9.17, 15) is 0 Å². The Morgan fingerprint density at radius 3 is 3.22 bits per heavy atom. The van der Waals surface area contributed by atoms with Gasteiger partial charge in [-0.1, -0.05) is 6.92 Å². The normalized spacial score (nSPS) is 23.9. The number of rotatable bonds is 3. The number of nitrogens with zero attached hydrogens (tertiary/aromatic N) is 2. The lowest BCUT2D eigenvalue weighted by Gasteiger charge is -2.15. The lowest BCUT2D eigenvalue weighted by atomic mass is 10.0. The summed E-state index contributed by atoms with van der Waals surface area (Å²) in [6, 6.07) is 2.42. The van der Waals surface area contributed by atoms with E-state index >= 15 is 0 Å². The number of likely N-dealkylation sites (N-methyl/N-ethyl adjacent to an activating group) is 1. The summed E-state index contributed by atoms with van der Waals surface area (Å²) in [5, 5.41) is 3.44. The van der Waals surface area contributed by atoms with Gasteiger partial charge in [-0.2, -0.15) is 0 Å². The van der Waals surface area contributed by atoms with Gasteiger partial charge in [-0.05, 0) is 25.1 Å². The average molecular weight is 246 g/mol. The number of imidazole rings is 1. The second-order valence-electron chi connectivity index (χ2n) is 4.81. The van der Waals surface area contributed by atoms with Crippen molar-refractivity contribution in [2.75, 3.05) is 19.8 Å². The van der Waals surface area contributed by atoms with Gasteiger partial charge in [0.15, 0.2) is 5.65 Å². The Morgan fingerprint density at radius 2 is 2.39 bits per heavy atom. The molecule has 2 aromatic heterocycles. The van der Waals surface area contributed by atoms with Crippen molar-refractivity contribution in [3.8, 4) is 0 Å². The molecule has 3 rings (SSSR count). The van der Waals surface area contributed by atoms with E-state index < -0.39 is 0 Å². The first-order valence-electron chi connectivity index (χ1n) is 6.41. The van der Waals surface area contributed by atoms with Gasteiger partial charge in [-0.3, -0.25) is 0 Å². The minimum Gasteiger partial charge on any atom is -0.379 e. The van der Waals surface area contributed by atoms with Crippen LogP contribution in [-0.2, 0) is 4.74 Å². The third-order valence-corrected chi connectivity index (χ3v) is 3.39. The zero-order valence-electron chi connectivity index (χ0n) is 10.7. The Morgan fingerprint density at radius 1 is 1.50 bits per heavy atom. The molecule has 1 aliphatic rings. The van der Waals surface area contributed by atoms with E-state index in [-0.39, 0.29) is 0 Å². The Hall–Kier alpha value is -1.46. The largest absolute Gasteiger partial charge is 0.379 e. The average Bonchev–Trinajstić information content (AvgIpc) is 2.94. The van der Waals surface area contributed by atoms with Gasteiger partial charge >= 0.3 is 0 Å². The summed E-state index contributed by atoms with van der Waals surface area (Å²) in [6.45, 7) is 6.56. The molecule has 0 aliphatic carbocycles. The number of fused-ring (bicyclic) bond motifs is 1. The molecule has 5 nitrogen and oxygen atoms in total. The first-order valence-corrected chi connectivity index (χ1v) is 6.41. The van der Waals surface area contributed by atoms with E-state index in [1.165, 1.54) is 0 Å². The predicted molar refractivity (Wildman–Crippen MR) is 69.7 cm³/mol. The first kappa shape index (κ1) is 11.6. The number of hydrogen-bond acceptors (Lipinski definition) is 4. The highest BCUT2D eigenvalue weighted by Gasteiger charge is 2.31. The van der Waals surface area contributed by atoms with Crippen LogP contribution in [0.1, 0.15) is 24.2 Å². The third kappa shape index (κ3) is 2.00. The van der Waals surface area contributed by atoms with Crippen molar-refractivity contribution in [2.24, 2.45) is 0 Å². The second-order valence-corrected chi connectivity index (χ2v) is 4.81. The van der Waals surface area contributed by atoms with Crippen LogP contribution in [0.4, 0.5) is 0 Å². The van der Waals surface area contributed by atoms with Crippen molar-refractivity contribution in [3.05, 3.63) is 23.7 Å². The molecule has 1 aliphatic heterocycles. The van der Waals surface area contributed by atoms with Crippen LogP contribution in [0.2, 0.25) is 0 Å². The molecular formula is C13H18N4O. The lowest BCUT2D eigenvalue weighted by molar-refractivity contribution is 0.187. The van der Waals surface area contributed by atoms with Crippen molar-refractivity contribution in [1.82, 2.24) is 20.3 Å². The molecule has 1 saturated heterocycles. The van der Waals surface area contributed by atoms with Crippen LogP contribution < -0.4 is 5.32 Å². The summed E-state index contributed by atoms with van der Waals surface area (Å²) < 4.78 is 5.55. The predicted octanol–water partition coefficient (Wildman–Crippen LogP) is 1.36. The van der Waals surface area contributed by atoms with Crippen LogP contribution >= 0.6 is 0 Å². The van der Waals surface area contributed by atoms with Gasteiger partial charge in [0.1, 0.15) is 5.82 Å². The molecule has 0 radical (unpaired) electrons. The minimum absolute atomic E-state index is 0.291. The Bertz CT molecular complexity index is 551. The van der Waals surface area contributed by atoms with Crippen molar-refractivity contribution < 1.29 is 4.74 Å². The summed E-state index contributed by atoms with van der Waals surface area (Å²) in [5.41, 5.74) is 2.94. The van der Waals surface area contributed by atoms with Crippen LogP contribution in [0.3, 0.4) is 0 Å². The van der Waals surface area contributed by atoms with E-state index in [0.717, 1.165) is 42.3 Å². The number of aryl methyl sites for hydroxylation is 1. The van der Waals surface area contributed by atoms with Gasteiger partial charge in [-0.25, -0.2) is 9.97 Å². The summed E-state index contributed by atoms with van der Waals surface area (Å²) in [5.74, 6) is 1.27. The van der Waals surface area contributed by atoms with Gasteiger partial charge in [-0.15, -0.1) is 0 Å². The smallest absolute Gasteiger partial charge is 0.177 e. The van der Waals surface area contributed by atoms with Gasteiger partial charge in [0.2, 0.25) is 0 Å². The highest BCUT2D eigenvalue weighted by molar-refractivity contribution is 5.71. The van der Waals surface area contributed by atoms with Gasteiger partial charge in [0, 0.05) is 12.2 Å². The molecule has 0 aromatic carbocycles. The highest BCUT2D eigenvalue weighted by Crippen LogP contribution is 2.25. The Kier molecular flexibility index (Phi) is 3.01. The molecule has 3 heterocycles. The number of nitrogens with one attached hydrogen (secondary N) is 2. The molecule has 0 saturated carbocycles. The van der Waals surface area contributed by atoms with Crippen molar-refractivity contribution in [2.45, 2.75) is 25.8 Å². The highest BCUT2D eigenvalue weighted by atomic mass is 16.5. The summed E-state index contributed by atoms with van der Waals surface area (Å²) in [7, 11) is 0. The molecule has 2 unspecified atom stereocenters. The maximum Gasteiger partial charge on any atom is 0.177 e. The molecule has 2 N–H and O–H groups in total. The van der Waals surface area contributed by atoms with Crippen LogP contribution in [0, 0.1) is 6.92 Å². The van der Waals surface area contributed by atoms with E-state index in [1.807, 2.05) is 13.1 Å². The number of H-pyrrole nitrogens is 1. The maximum atomic E-state index is 5.55. The van der Waals surface area contributed by atoms with Crippen LogP contribution in [0.25, 0.3) is 11.2 Å². The summed E-state index contributed by atoms with van der Waals surface area (Å²) >= 11 is 0. The second kappa shape index (κ2) is 4.66. The topological polar surface area (TPSA) is 62.8 Å². The quantitative estimate of drug-likeness (QED) is 0.858. The minimum atomic E-state index is 0.291. The Balaban J connectivity index is 1.93. The molecule has 2 aromatic rings. The fraction of sp³-hybridized carbons (Fsp3) is 0.538. The molecule has 1 fully saturated rings. The molecule has 0 amide bonds. The molecule has 5 heteroatoms. The first-order chi connectivity index (χ1) is 8.78. The molecule has 2 atom stereocenters. The van der Waals surface area contributed by atoms with E-state index in [1.54, 1.807) is 0 Å². The summed E-state index contributed by atoms with van der Waals surface area (Å²) in [4.78, 5) is 12.3. The van der Waals surface area contributed by atoms with E-state index in [0.29, 0.717) is 12.0 Å². The zero-order valence-corrected chi connectivity index (χ0v) is 10.7.